The zero-order valence-corrected chi connectivity index (χ0v) is 55.5. The van der Waals surface area contributed by atoms with Crippen LogP contribution in [0.25, 0.3) is 0 Å². The zero-order chi connectivity index (χ0) is 59.2. The SMILES string of the molecule is CC/C=C\C/C=C\C/C=C\CCCCCCCC(=O)OCC(COC(=O)CCCCCCCCCCCCCCCCCCCCCCCCCCC)OC(=O)CCCCCCCCCCCCCCCCCCCCCCCCCC. The number of hydrogen-bond acceptors (Lipinski definition) is 6. The lowest BCUT2D eigenvalue weighted by atomic mass is 10.0. The fourth-order valence-corrected chi connectivity index (χ4v) is 11.4. The monoisotopic (exact) mass is 1150 g/mol. The molecule has 0 saturated carbocycles. The van der Waals surface area contributed by atoms with Gasteiger partial charge in [0.2, 0.25) is 0 Å². The van der Waals surface area contributed by atoms with Gasteiger partial charge in [0.1, 0.15) is 13.2 Å². The quantitative estimate of drug-likeness (QED) is 0.0261. The molecule has 0 radical (unpaired) electrons. The van der Waals surface area contributed by atoms with Crippen LogP contribution in [0.3, 0.4) is 0 Å². The van der Waals surface area contributed by atoms with Crippen molar-refractivity contribution in [2.45, 2.75) is 419 Å². The number of allylic oxidation sites excluding steroid dienone is 6. The smallest absolute Gasteiger partial charge is 0.306 e. The number of carbonyl (C=O) groups is 3. The maximum absolute atomic E-state index is 13.0. The summed E-state index contributed by atoms with van der Waals surface area (Å²) in [7, 11) is 0. The minimum atomic E-state index is -0.778. The molecule has 0 spiro atoms. The first kappa shape index (κ1) is 79.6. The number of esters is 3. The number of rotatable bonds is 69. The molecule has 1 unspecified atom stereocenters. The fourth-order valence-electron chi connectivity index (χ4n) is 11.4. The van der Waals surface area contributed by atoms with Crippen LogP contribution in [-0.4, -0.2) is 37.2 Å². The van der Waals surface area contributed by atoms with Gasteiger partial charge in [-0.25, -0.2) is 0 Å². The van der Waals surface area contributed by atoms with Gasteiger partial charge < -0.3 is 14.2 Å². The highest BCUT2D eigenvalue weighted by molar-refractivity contribution is 5.71. The Labute approximate surface area is 512 Å². The molecule has 1 atom stereocenters. The number of carbonyl (C=O) groups excluding carboxylic acids is 3. The maximum atomic E-state index is 13.0. The van der Waals surface area contributed by atoms with E-state index in [2.05, 4.69) is 57.2 Å². The van der Waals surface area contributed by atoms with E-state index < -0.39 is 6.10 Å². The minimum absolute atomic E-state index is 0.0717. The zero-order valence-electron chi connectivity index (χ0n) is 55.5. The summed E-state index contributed by atoms with van der Waals surface area (Å²) < 4.78 is 17.0. The molecule has 82 heavy (non-hydrogen) atoms. The normalized spacial score (nSPS) is 12.2. The molecule has 0 aliphatic heterocycles. The van der Waals surface area contributed by atoms with Gasteiger partial charge in [-0.1, -0.05) is 378 Å². The Balaban J connectivity index is 4.24. The average Bonchev–Trinajstić information content (AvgIpc) is 3.48. The Bertz CT molecular complexity index is 1370. The van der Waals surface area contributed by atoms with E-state index in [1.165, 1.54) is 276 Å². The molecule has 0 aromatic carbocycles. The Morgan fingerprint density at radius 3 is 0.744 bits per heavy atom. The van der Waals surface area contributed by atoms with E-state index >= 15 is 0 Å². The summed E-state index contributed by atoms with van der Waals surface area (Å²) in [6, 6.07) is 0. The van der Waals surface area contributed by atoms with Crippen LogP contribution in [-0.2, 0) is 28.6 Å². The summed E-state index contributed by atoms with van der Waals surface area (Å²) in [5, 5.41) is 0. The summed E-state index contributed by atoms with van der Waals surface area (Å²) in [5.41, 5.74) is 0. The van der Waals surface area contributed by atoms with Crippen molar-refractivity contribution in [2.75, 3.05) is 13.2 Å². The fraction of sp³-hybridized carbons (Fsp3) is 0.882. The van der Waals surface area contributed by atoms with Gasteiger partial charge in [0.25, 0.3) is 0 Å². The summed E-state index contributed by atoms with van der Waals surface area (Å²) in [6.07, 6.45) is 89.1. The third-order valence-electron chi connectivity index (χ3n) is 16.9. The molecule has 0 saturated heterocycles. The molecule has 482 valence electrons. The van der Waals surface area contributed by atoms with Crippen molar-refractivity contribution in [3.05, 3.63) is 36.5 Å². The van der Waals surface area contributed by atoms with Gasteiger partial charge in [-0.3, -0.25) is 14.4 Å². The van der Waals surface area contributed by atoms with Crippen LogP contribution < -0.4 is 0 Å². The van der Waals surface area contributed by atoms with Crippen molar-refractivity contribution in [1.82, 2.24) is 0 Å². The Kier molecular flexibility index (Phi) is 69.1. The van der Waals surface area contributed by atoms with Crippen LogP contribution >= 0.6 is 0 Å². The minimum Gasteiger partial charge on any atom is -0.462 e. The molecule has 6 heteroatoms. The molecule has 0 N–H and O–H groups in total. The van der Waals surface area contributed by atoms with E-state index in [-0.39, 0.29) is 31.1 Å². The molecular formula is C76H142O6. The third kappa shape index (κ3) is 68.4. The standard InChI is InChI=1S/C76H142O6/c1-4-7-10-13-16-19-22-25-28-30-32-34-36-38-40-41-43-45-48-51-54-57-60-63-66-69-75(78)81-72-73(71-80-74(77)68-65-62-59-56-53-50-47-27-24-21-18-15-12-9-6-3)82-76(79)70-67-64-61-58-55-52-49-46-44-42-39-37-35-33-31-29-26-23-20-17-14-11-8-5-2/h9,12,18,21,27,47,73H,4-8,10-11,13-17,19-20,22-26,28-46,48-72H2,1-3H3/b12-9-,21-18-,47-27-. The second kappa shape index (κ2) is 71.1. The Morgan fingerprint density at radius 2 is 0.476 bits per heavy atom. The molecule has 0 aromatic rings. The first-order valence-electron chi connectivity index (χ1n) is 37.0. The van der Waals surface area contributed by atoms with Gasteiger partial charge in [0, 0.05) is 19.3 Å². The molecule has 0 aliphatic rings. The van der Waals surface area contributed by atoms with Crippen molar-refractivity contribution in [1.29, 1.82) is 0 Å². The van der Waals surface area contributed by atoms with Crippen LogP contribution in [0.1, 0.15) is 412 Å². The van der Waals surface area contributed by atoms with E-state index in [4.69, 9.17) is 14.2 Å². The molecule has 0 heterocycles. The van der Waals surface area contributed by atoms with Crippen molar-refractivity contribution in [3.8, 4) is 0 Å². The third-order valence-corrected chi connectivity index (χ3v) is 16.9. The Hall–Kier alpha value is -2.37. The summed E-state index contributed by atoms with van der Waals surface area (Å²) >= 11 is 0. The lowest BCUT2D eigenvalue weighted by Crippen LogP contribution is -2.30. The van der Waals surface area contributed by atoms with Crippen molar-refractivity contribution in [2.24, 2.45) is 0 Å². The van der Waals surface area contributed by atoms with Crippen molar-refractivity contribution in [3.63, 3.8) is 0 Å². The largest absolute Gasteiger partial charge is 0.462 e. The van der Waals surface area contributed by atoms with E-state index in [1.807, 2.05) is 0 Å². The van der Waals surface area contributed by atoms with E-state index in [9.17, 15) is 14.4 Å². The molecule has 0 amide bonds. The topological polar surface area (TPSA) is 78.9 Å². The van der Waals surface area contributed by atoms with Gasteiger partial charge in [0.05, 0.1) is 0 Å². The number of unbranched alkanes of at least 4 members (excludes halogenated alkanes) is 52. The average molecular weight is 1150 g/mol. The predicted octanol–water partition coefficient (Wildman–Crippen LogP) is 25.5. The summed E-state index contributed by atoms with van der Waals surface area (Å²) in [4.78, 5) is 38.5. The van der Waals surface area contributed by atoms with Gasteiger partial charge in [-0.15, -0.1) is 0 Å². The van der Waals surface area contributed by atoms with Crippen LogP contribution in [0.4, 0.5) is 0 Å². The van der Waals surface area contributed by atoms with Crippen LogP contribution in [0, 0.1) is 0 Å². The highest BCUT2D eigenvalue weighted by Crippen LogP contribution is 2.19. The first-order chi connectivity index (χ1) is 40.5. The van der Waals surface area contributed by atoms with Crippen molar-refractivity contribution < 1.29 is 28.6 Å². The highest BCUT2D eigenvalue weighted by Gasteiger charge is 2.20. The van der Waals surface area contributed by atoms with Crippen molar-refractivity contribution >= 4 is 17.9 Å². The molecule has 0 bridgehead atoms. The van der Waals surface area contributed by atoms with Crippen LogP contribution in [0.15, 0.2) is 36.5 Å². The second-order valence-electron chi connectivity index (χ2n) is 25.2. The second-order valence-corrected chi connectivity index (χ2v) is 25.2. The van der Waals surface area contributed by atoms with Crippen LogP contribution in [0.5, 0.6) is 0 Å². The molecule has 0 fully saturated rings. The van der Waals surface area contributed by atoms with E-state index in [0.717, 1.165) is 96.3 Å². The molecule has 0 aliphatic carbocycles. The van der Waals surface area contributed by atoms with E-state index in [1.54, 1.807) is 0 Å². The van der Waals surface area contributed by atoms with Gasteiger partial charge in [0.15, 0.2) is 6.10 Å². The lowest BCUT2D eigenvalue weighted by molar-refractivity contribution is -0.167. The van der Waals surface area contributed by atoms with Gasteiger partial charge in [-0.2, -0.15) is 0 Å². The molecular weight excluding hydrogens is 1010 g/mol. The van der Waals surface area contributed by atoms with Gasteiger partial charge in [-0.05, 0) is 51.4 Å². The summed E-state index contributed by atoms with van der Waals surface area (Å²) in [6.45, 7) is 6.61. The summed E-state index contributed by atoms with van der Waals surface area (Å²) in [5.74, 6) is -0.856. The Morgan fingerprint density at radius 1 is 0.256 bits per heavy atom. The predicted molar refractivity (Wildman–Crippen MR) is 358 cm³/mol. The van der Waals surface area contributed by atoms with Crippen LogP contribution in [0.2, 0.25) is 0 Å². The van der Waals surface area contributed by atoms with Gasteiger partial charge >= 0.3 is 17.9 Å². The van der Waals surface area contributed by atoms with E-state index in [0.29, 0.717) is 19.3 Å². The number of hydrogen-bond donors (Lipinski definition) is 0. The maximum Gasteiger partial charge on any atom is 0.306 e. The molecule has 0 aromatic heterocycles. The molecule has 6 nitrogen and oxygen atoms in total. The highest BCUT2D eigenvalue weighted by atomic mass is 16.6. The number of ether oxygens (including phenoxy) is 3. The lowest BCUT2D eigenvalue weighted by Gasteiger charge is -2.18. The first-order valence-corrected chi connectivity index (χ1v) is 37.0. The molecule has 0 rings (SSSR count).